The number of hydrogen-bond donors (Lipinski definition) is 3. The Morgan fingerprint density at radius 1 is 1.00 bits per heavy atom. The van der Waals surface area contributed by atoms with Gasteiger partial charge in [0, 0.05) is 23.8 Å². The van der Waals surface area contributed by atoms with Gasteiger partial charge in [-0.3, -0.25) is 14.6 Å². The molecule has 0 aromatic rings. The molecule has 0 aromatic heterocycles. The van der Waals surface area contributed by atoms with Crippen LogP contribution in [0.4, 0.5) is 0 Å². The molecule has 0 aromatic carbocycles. The van der Waals surface area contributed by atoms with Crippen molar-refractivity contribution in [2.75, 3.05) is 26.4 Å². The Balaban J connectivity index is 5.99. The Morgan fingerprint density at radius 2 is 1.56 bits per heavy atom. The zero-order valence-electron chi connectivity index (χ0n) is 23.8. The predicted molar refractivity (Wildman–Crippen MR) is 143 cm³/mol. The molecule has 0 spiro atoms. The molecular weight excluding hydrogens is 485 g/mol. The molecule has 36 heavy (non-hydrogen) atoms. The van der Waals surface area contributed by atoms with E-state index in [2.05, 4.69) is 17.0 Å². The van der Waals surface area contributed by atoms with Crippen molar-refractivity contribution >= 4 is 25.3 Å². The first-order valence-corrected chi connectivity index (χ1v) is 14.0. The maximum Gasteiger partial charge on any atom is 0.333 e. The lowest BCUT2D eigenvalue weighted by molar-refractivity contribution is -0.147. The highest BCUT2D eigenvalue weighted by molar-refractivity contribution is 7.61. The molecule has 11 heteroatoms. The van der Waals surface area contributed by atoms with Crippen LogP contribution in [0.15, 0.2) is 16.9 Å². The lowest BCUT2D eigenvalue weighted by Crippen LogP contribution is -2.46. The average Bonchev–Trinajstić information content (AvgIpc) is 2.69. The van der Waals surface area contributed by atoms with Crippen molar-refractivity contribution < 1.29 is 33.5 Å². The van der Waals surface area contributed by atoms with Crippen LogP contribution in [0, 0.1) is 0 Å². The van der Waals surface area contributed by atoms with Crippen LogP contribution >= 0.6 is 7.43 Å². The molecule has 0 aliphatic carbocycles. The molecule has 2 unspecified atom stereocenters. The smallest absolute Gasteiger partial charge is 0.333 e. The quantitative estimate of drug-likeness (QED) is 0.174. The summed E-state index contributed by atoms with van der Waals surface area (Å²) in [5.74, 6) is -1.81. The third-order valence-electron chi connectivity index (χ3n) is 4.82. The second kappa shape index (κ2) is 14.3. The Morgan fingerprint density at radius 3 is 2.00 bits per heavy atom. The Hall–Kier alpha value is -1.74. The second-order valence-electron chi connectivity index (χ2n) is 11.1. The molecule has 0 saturated carbocycles. The maximum absolute atomic E-state index is 13.0. The number of amides is 1. The molecule has 0 radical (unpaired) electrons. The molecule has 0 saturated heterocycles. The van der Waals surface area contributed by atoms with E-state index in [4.69, 9.17) is 18.7 Å². The van der Waals surface area contributed by atoms with Gasteiger partial charge in [-0.15, -0.1) is 0 Å². The third-order valence-corrected chi connectivity index (χ3v) is 8.86. The standard InChI is InChI=1S/C25H48N3O7P/c1-12-33-21(31)18(3)16-19(22(32)34-13-2)27-20(30)17-26-36(24(7,8)9,28-23(4,5)6)35-25(10,11)14-15-29/h19,26,29H,3,12-17H2,1-2,4-11H3,(H,27,30). The predicted octanol–water partition coefficient (Wildman–Crippen LogP) is 3.94. The number of aliphatic hydroxyl groups excluding tert-OH is 1. The maximum atomic E-state index is 13.0. The number of carbonyl (C=O) groups is 3. The van der Waals surface area contributed by atoms with Crippen LogP contribution in [-0.4, -0.2) is 71.7 Å². The van der Waals surface area contributed by atoms with Crippen molar-refractivity contribution in [3.05, 3.63) is 12.2 Å². The first kappa shape index (κ1) is 34.3. The second-order valence-corrected chi connectivity index (χ2v) is 14.3. The number of aliphatic hydroxyl groups is 1. The summed E-state index contributed by atoms with van der Waals surface area (Å²) in [5.41, 5.74) is -1.14. The zero-order valence-corrected chi connectivity index (χ0v) is 24.7. The van der Waals surface area contributed by atoms with Gasteiger partial charge in [-0.25, -0.2) is 9.59 Å². The van der Waals surface area contributed by atoms with E-state index in [1.807, 2.05) is 55.4 Å². The minimum Gasteiger partial charge on any atom is -0.464 e. The van der Waals surface area contributed by atoms with E-state index in [1.165, 1.54) is 0 Å². The van der Waals surface area contributed by atoms with E-state index in [0.717, 1.165) is 0 Å². The molecule has 0 aliphatic heterocycles. The minimum absolute atomic E-state index is 0.0523. The van der Waals surface area contributed by atoms with E-state index in [0.29, 0.717) is 6.42 Å². The molecule has 0 bridgehead atoms. The lowest BCUT2D eigenvalue weighted by atomic mass is 10.1. The highest BCUT2D eigenvalue weighted by Crippen LogP contribution is 2.62. The van der Waals surface area contributed by atoms with Gasteiger partial charge < -0.3 is 24.4 Å². The van der Waals surface area contributed by atoms with Crippen LogP contribution in [-0.2, 0) is 28.4 Å². The Kier molecular flexibility index (Phi) is 13.6. The van der Waals surface area contributed by atoms with Crippen LogP contribution in [0.25, 0.3) is 0 Å². The van der Waals surface area contributed by atoms with Gasteiger partial charge >= 0.3 is 11.9 Å². The number of nitrogens with one attached hydrogen (secondary N) is 2. The first-order valence-electron chi connectivity index (χ1n) is 12.3. The van der Waals surface area contributed by atoms with E-state index in [1.54, 1.807) is 13.8 Å². The number of nitrogens with zero attached hydrogens (tertiary/aromatic N) is 1. The van der Waals surface area contributed by atoms with Gasteiger partial charge in [-0.05, 0) is 54.9 Å². The van der Waals surface area contributed by atoms with Crippen LogP contribution in [0.2, 0.25) is 0 Å². The van der Waals surface area contributed by atoms with Crippen molar-refractivity contribution in [1.29, 1.82) is 0 Å². The molecule has 0 aliphatic rings. The summed E-state index contributed by atoms with van der Waals surface area (Å²) in [7, 11) is -2.84. The summed E-state index contributed by atoms with van der Waals surface area (Å²) < 4.78 is 21.6. The largest absolute Gasteiger partial charge is 0.464 e. The number of esters is 2. The van der Waals surface area contributed by atoms with Crippen LogP contribution < -0.4 is 10.4 Å². The van der Waals surface area contributed by atoms with Gasteiger partial charge in [0.2, 0.25) is 5.91 Å². The fraction of sp³-hybridized carbons (Fsp3) is 0.800. The van der Waals surface area contributed by atoms with Gasteiger partial charge in [-0.2, -0.15) is 0 Å². The molecule has 3 N–H and O–H groups in total. The van der Waals surface area contributed by atoms with Crippen LogP contribution in [0.5, 0.6) is 0 Å². The van der Waals surface area contributed by atoms with Crippen LogP contribution in [0.3, 0.4) is 0 Å². The molecular formula is C25H48N3O7P. The molecule has 2 atom stereocenters. The topological polar surface area (TPSA) is 136 Å². The summed E-state index contributed by atoms with van der Waals surface area (Å²) in [6.07, 6.45) is 0.245. The molecule has 0 rings (SSSR count). The first-order chi connectivity index (χ1) is 16.3. The van der Waals surface area contributed by atoms with E-state index < -0.39 is 47.6 Å². The minimum atomic E-state index is -2.84. The van der Waals surface area contributed by atoms with Crippen molar-refractivity contribution in [1.82, 2.24) is 10.4 Å². The fourth-order valence-electron chi connectivity index (χ4n) is 3.13. The summed E-state index contributed by atoms with van der Waals surface area (Å²) in [6.45, 7) is 22.6. The molecule has 1 amide bonds. The van der Waals surface area contributed by atoms with Crippen molar-refractivity contribution in [2.24, 2.45) is 4.74 Å². The Labute approximate surface area is 217 Å². The molecule has 0 heterocycles. The highest BCUT2D eigenvalue weighted by Gasteiger charge is 2.41. The van der Waals surface area contributed by atoms with Gasteiger partial charge in [0.05, 0.1) is 30.9 Å². The zero-order chi connectivity index (χ0) is 28.4. The van der Waals surface area contributed by atoms with Gasteiger partial charge in [0.15, 0.2) is 7.43 Å². The van der Waals surface area contributed by atoms with Crippen molar-refractivity contribution in [2.45, 2.75) is 104 Å². The highest BCUT2D eigenvalue weighted by atomic mass is 31.2. The summed E-state index contributed by atoms with van der Waals surface area (Å²) in [5, 5.41) is 15.0. The fourth-order valence-corrected chi connectivity index (χ4v) is 6.36. The normalized spacial score (nSPS) is 14.9. The number of hydrogen-bond acceptors (Lipinski definition) is 8. The average molecular weight is 534 g/mol. The monoisotopic (exact) mass is 533 g/mol. The van der Waals surface area contributed by atoms with Crippen LogP contribution in [0.1, 0.15) is 82.1 Å². The number of ether oxygens (including phenoxy) is 2. The van der Waals surface area contributed by atoms with E-state index in [-0.39, 0.29) is 38.4 Å². The number of rotatable bonds is 14. The number of carbonyl (C=O) groups excluding carboxylic acids is 3. The summed E-state index contributed by atoms with van der Waals surface area (Å²) >= 11 is 0. The van der Waals surface area contributed by atoms with Gasteiger partial charge in [0.25, 0.3) is 0 Å². The van der Waals surface area contributed by atoms with Crippen molar-refractivity contribution in [3.8, 4) is 0 Å². The molecule has 10 nitrogen and oxygen atoms in total. The van der Waals surface area contributed by atoms with E-state index >= 15 is 0 Å². The SMILES string of the molecule is C=C(CC(NC(=O)CNP(=NC(C)(C)C)(OC(C)(C)CCO)C(C)(C)C)C(=O)OCC)C(=O)OCC. The third kappa shape index (κ3) is 12.0. The van der Waals surface area contributed by atoms with E-state index in [9.17, 15) is 19.5 Å². The summed E-state index contributed by atoms with van der Waals surface area (Å²) in [4.78, 5) is 37.5. The van der Waals surface area contributed by atoms with Gasteiger partial charge in [-0.1, -0.05) is 27.4 Å². The van der Waals surface area contributed by atoms with Gasteiger partial charge in [0.1, 0.15) is 6.04 Å². The summed E-state index contributed by atoms with van der Waals surface area (Å²) in [6, 6.07) is -1.11. The van der Waals surface area contributed by atoms with Crippen molar-refractivity contribution in [3.63, 3.8) is 0 Å². The molecule has 210 valence electrons. The lowest BCUT2D eigenvalue weighted by Gasteiger charge is -2.43. The molecule has 0 fully saturated rings. The Bertz CT molecular complexity index is 826.